The van der Waals surface area contributed by atoms with Crippen molar-refractivity contribution in [2.24, 2.45) is 0 Å². The maximum atomic E-state index is 11.1. The fraction of sp³-hybridized carbons (Fsp3) is 0.500. The van der Waals surface area contributed by atoms with E-state index in [1.807, 2.05) is 0 Å². The molecule has 1 atom stereocenters. The maximum absolute atomic E-state index is 11.1. The summed E-state index contributed by atoms with van der Waals surface area (Å²) in [6, 6.07) is -0.208. The van der Waals surface area contributed by atoms with E-state index in [0.717, 1.165) is 6.29 Å². The Morgan fingerprint density at radius 3 is 3.00 bits per heavy atom. The number of nitrogens with zero attached hydrogens (tertiary/aromatic N) is 1. The van der Waals surface area contributed by atoms with Crippen LogP contribution in [-0.2, 0) is 9.59 Å². The lowest BCUT2D eigenvalue weighted by atomic mass is 10.2. The zero-order valence-corrected chi connectivity index (χ0v) is 6.32. The molecule has 1 rings (SSSR count). The van der Waals surface area contributed by atoms with Gasteiger partial charge >= 0.3 is 0 Å². The van der Waals surface area contributed by atoms with Crippen molar-refractivity contribution in [2.75, 3.05) is 6.54 Å². The van der Waals surface area contributed by atoms with E-state index in [9.17, 15) is 9.59 Å². The first-order valence-electron chi connectivity index (χ1n) is 3.65. The van der Waals surface area contributed by atoms with Crippen LogP contribution < -0.4 is 0 Å². The molecule has 0 radical (unpaired) electrons. The molecule has 1 aliphatic heterocycles. The van der Waals surface area contributed by atoms with Crippen molar-refractivity contribution >= 4 is 12.2 Å². The lowest BCUT2D eigenvalue weighted by Gasteiger charge is -2.17. The molecule has 0 aromatic heterocycles. The summed E-state index contributed by atoms with van der Waals surface area (Å²) in [7, 11) is 0. The van der Waals surface area contributed by atoms with Gasteiger partial charge in [-0.25, -0.2) is 0 Å². The van der Waals surface area contributed by atoms with Gasteiger partial charge in [-0.05, 0) is 6.42 Å². The summed E-state index contributed by atoms with van der Waals surface area (Å²) < 4.78 is 0. The molecule has 0 bridgehead atoms. The minimum absolute atomic E-state index is 0.0574. The lowest BCUT2D eigenvalue weighted by molar-refractivity contribution is -0.130. The van der Waals surface area contributed by atoms with E-state index in [1.54, 1.807) is 11.0 Å². The molecule has 0 aromatic rings. The molecule has 0 N–H and O–H groups in total. The third-order valence-corrected chi connectivity index (χ3v) is 1.86. The van der Waals surface area contributed by atoms with E-state index in [0.29, 0.717) is 19.4 Å². The Kier molecular flexibility index (Phi) is 2.41. The Labute approximate surface area is 65.7 Å². The zero-order chi connectivity index (χ0) is 8.27. The van der Waals surface area contributed by atoms with Crippen molar-refractivity contribution in [1.82, 2.24) is 4.90 Å². The van der Waals surface area contributed by atoms with Crippen LogP contribution in [-0.4, -0.2) is 29.7 Å². The smallest absolute Gasteiger partial charge is 0.223 e. The molecule has 11 heavy (non-hydrogen) atoms. The number of carbonyl (C=O) groups is 2. The van der Waals surface area contributed by atoms with Crippen LogP contribution in [0, 0.1) is 0 Å². The first-order chi connectivity index (χ1) is 5.29. The summed E-state index contributed by atoms with van der Waals surface area (Å²) in [5.41, 5.74) is 0. The average molecular weight is 153 g/mol. The lowest BCUT2D eigenvalue weighted by Crippen LogP contribution is -2.33. The minimum atomic E-state index is -0.208. The summed E-state index contributed by atoms with van der Waals surface area (Å²) >= 11 is 0. The molecule has 1 saturated heterocycles. The number of hydrogen-bond acceptors (Lipinski definition) is 2. The summed E-state index contributed by atoms with van der Waals surface area (Å²) in [5.74, 6) is 0.0574. The van der Waals surface area contributed by atoms with Crippen LogP contribution >= 0.6 is 0 Å². The van der Waals surface area contributed by atoms with Gasteiger partial charge < -0.3 is 9.69 Å². The second-order valence-corrected chi connectivity index (χ2v) is 2.58. The Balaban J connectivity index is 2.62. The topological polar surface area (TPSA) is 37.4 Å². The van der Waals surface area contributed by atoms with Crippen molar-refractivity contribution in [1.29, 1.82) is 0 Å². The normalized spacial score (nSPS) is 23.8. The molecule has 0 saturated carbocycles. The molecule has 3 nitrogen and oxygen atoms in total. The van der Waals surface area contributed by atoms with E-state index >= 15 is 0 Å². The van der Waals surface area contributed by atoms with E-state index < -0.39 is 0 Å². The van der Waals surface area contributed by atoms with Crippen LogP contribution in [0.1, 0.15) is 12.8 Å². The maximum Gasteiger partial charge on any atom is 0.223 e. The molecule has 1 amide bonds. The van der Waals surface area contributed by atoms with Crippen molar-refractivity contribution < 1.29 is 9.59 Å². The third kappa shape index (κ3) is 1.48. The Morgan fingerprint density at radius 1 is 1.73 bits per heavy atom. The number of carbonyl (C=O) groups excluding carboxylic acids is 2. The summed E-state index contributed by atoms with van der Waals surface area (Å²) in [6.45, 7) is 4.01. The van der Waals surface area contributed by atoms with Crippen molar-refractivity contribution in [3.8, 4) is 0 Å². The number of rotatable bonds is 3. The molecule has 0 unspecified atom stereocenters. The first kappa shape index (κ1) is 7.98. The Hall–Kier alpha value is -1.12. The van der Waals surface area contributed by atoms with Crippen LogP contribution in [0.3, 0.4) is 0 Å². The van der Waals surface area contributed by atoms with Gasteiger partial charge in [0.05, 0.1) is 6.04 Å². The highest BCUT2D eigenvalue weighted by Crippen LogP contribution is 2.15. The highest BCUT2D eigenvalue weighted by molar-refractivity contribution is 5.83. The fourth-order valence-electron chi connectivity index (χ4n) is 1.27. The molecule has 0 aliphatic carbocycles. The van der Waals surface area contributed by atoms with Gasteiger partial charge in [-0.3, -0.25) is 4.79 Å². The summed E-state index contributed by atoms with van der Waals surface area (Å²) in [4.78, 5) is 23.0. The highest BCUT2D eigenvalue weighted by atomic mass is 16.2. The monoisotopic (exact) mass is 153 g/mol. The summed E-state index contributed by atoms with van der Waals surface area (Å²) in [5, 5.41) is 0. The molecule has 1 heterocycles. The Bertz CT molecular complexity index is 189. The van der Waals surface area contributed by atoms with E-state index in [2.05, 4.69) is 6.58 Å². The van der Waals surface area contributed by atoms with Gasteiger partial charge in [0.1, 0.15) is 6.29 Å². The standard InChI is InChI=1S/C8H11NO2/c1-2-5-9-7(6-10)3-4-8(9)11/h2,6-7H,1,3-5H2/t7-/m0/s1. The van der Waals surface area contributed by atoms with Crippen LogP contribution in [0.5, 0.6) is 0 Å². The van der Waals surface area contributed by atoms with Crippen LogP contribution in [0.25, 0.3) is 0 Å². The molecule has 3 heteroatoms. The van der Waals surface area contributed by atoms with Gasteiger partial charge in [-0.2, -0.15) is 0 Å². The highest BCUT2D eigenvalue weighted by Gasteiger charge is 2.28. The van der Waals surface area contributed by atoms with Crippen molar-refractivity contribution in [3.63, 3.8) is 0 Å². The van der Waals surface area contributed by atoms with E-state index in [4.69, 9.17) is 0 Å². The zero-order valence-electron chi connectivity index (χ0n) is 6.32. The molecule has 1 aliphatic rings. The predicted molar refractivity (Wildman–Crippen MR) is 41.0 cm³/mol. The molecule has 1 fully saturated rings. The fourth-order valence-corrected chi connectivity index (χ4v) is 1.27. The number of likely N-dealkylation sites (tertiary alicyclic amines) is 1. The second-order valence-electron chi connectivity index (χ2n) is 2.58. The van der Waals surface area contributed by atoms with Gasteiger partial charge in [-0.1, -0.05) is 6.08 Å². The largest absolute Gasteiger partial charge is 0.329 e. The molecule has 0 spiro atoms. The second kappa shape index (κ2) is 3.32. The van der Waals surface area contributed by atoms with Gasteiger partial charge in [-0.15, -0.1) is 6.58 Å². The van der Waals surface area contributed by atoms with Crippen LogP contribution in [0.2, 0.25) is 0 Å². The average Bonchev–Trinajstić information content (AvgIpc) is 2.34. The quantitative estimate of drug-likeness (QED) is 0.433. The predicted octanol–water partition coefficient (Wildman–Crippen LogP) is 0.362. The van der Waals surface area contributed by atoms with Crippen molar-refractivity contribution in [3.05, 3.63) is 12.7 Å². The molecule has 60 valence electrons. The van der Waals surface area contributed by atoms with Gasteiger partial charge in [0, 0.05) is 13.0 Å². The van der Waals surface area contributed by atoms with Gasteiger partial charge in [0.15, 0.2) is 0 Å². The Morgan fingerprint density at radius 2 is 2.45 bits per heavy atom. The molecular weight excluding hydrogens is 142 g/mol. The van der Waals surface area contributed by atoms with Gasteiger partial charge in [0.25, 0.3) is 0 Å². The molecule has 0 aromatic carbocycles. The van der Waals surface area contributed by atoms with Gasteiger partial charge in [0.2, 0.25) is 5.91 Å². The number of hydrogen-bond donors (Lipinski definition) is 0. The van der Waals surface area contributed by atoms with Crippen LogP contribution in [0.15, 0.2) is 12.7 Å². The minimum Gasteiger partial charge on any atom is -0.329 e. The van der Waals surface area contributed by atoms with E-state index in [1.165, 1.54) is 0 Å². The third-order valence-electron chi connectivity index (χ3n) is 1.86. The van der Waals surface area contributed by atoms with Crippen molar-refractivity contribution in [2.45, 2.75) is 18.9 Å². The number of aldehydes is 1. The first-order valence-corrected chi connectivity index (χ1v) is 3.65. The SMILES string of the molecule is C=CCN1C(=O)CC[C@H]1C=O. The van der Waals surface area contributed by atoms with Crippen LogP contribution in [0.4, 0.5) is 0 Å². The summed E-state index contributed by atoms with van der Waals surface area (Å²) in [6.07, 6.45) is 3.63. The number of amides is 1. The molecular formula is C8H11NO2. The van der Waals surface area contributed by atoms with E-state index in [-0.39, 0.29) is 11.9 Å².